The summed E-state index contributed by atoms with van der Waals surface area (Å²) in [4.78, 5) is 43.7. The molecule has 0 unspecified atom stereocenters. The number of ether oxygens (including phenoxy) is 2. The summed E-state index contributed by atoms with van der Waals surface area (Å²) >= 11 is 4.74. The maximum Gasteiger partial charge on any atom is 0.338 e. The second-order valence-electron chi connectivity index (χ2n) is 9.38. The van der Waals surface area contributed by atoms with E-state index in [1.54, 1.807) is 55.1 Å². The molecule has 1 atom stereocenters. The Balaban J connectivity index is 1.75. The second-order valence-corrected chi connectivity index (χ2v) is 11.3. The minimum atomic E-state index is -0.833. The highest BCUT2D eigenvalue weighted by molar-refractivity contribution is 9.10. The predicted molar refractivity (Wildman–Crippen MR) is 163 cm³/mol. The number of nitro groups is 1. The number of thiazole rings is 1. The van der Waals surface area contributed by atoms with Crippen molar-refractivity contribution in [1.29, 1.82) is 0 Å². The lowest BCUT2D eigenvalue weighted by molar-refractivity contribution is -0.384. The van der Waals surface area contributed by atoms with Crippen LogP contribution >= 0.6 is 27.3 Å². The fraction of sp³-hybridized carbons (Fsp3) is 0.233. The number of non-ortho nitro benzene ring substituents is 1. The summed E-state index contributed by atoms with van der Waals surface area (Å²) in [7, 11) is 1.54. The quantitative estimate of drug-likeness (QED) is 0.142. The number of esters is 1. The Labute approximate surface area is 253 Å². The molecule has 1 aliphatic rings. The number of halogens is 1. The van der Waals surface area contributed by atoms with Gasteiger partial charge in [0.05, 0.1) is 40.1 Å². The zero-order valence-electron chi connectivity index (χ0n) is 23.1. The number of nitrogens with zero attached hydrogens (tertiary/aromatic N) is 4. The minimum Gasteiger partial charge on any atom is -0.496 e. The number of hydrogen-bond acceptors (Lipinski definition) is 8. The largest absolute Gasteiger partial charge is 0.496 e. The highest BCUT2D eigenvalue weighted by Gasteiger charge is 2.36. The molecule has 0 spiro atoms. The van der Waals surface area contributed by atoms with Gasteiger partial charge in [-0.25, -0.2) is 9.79 Å². The van der Waals surface area contributed by atoms with Gasteiger partial charge < -0.3 is 14.0 Å². The molecule has 42 heavy (non-hydrogen) atoms. The first kappa shape index (κ1) is 29.2. The molecule has 2 aromatic heterocycles. The Kier molecular flexibility index (Phi) is 8.55. The molecule has 10 nitrogen and oxygen atoms in total. The van der Waals surface area contributed by atoms with E-state index in [0.29, 0.717) is 49.7 Å². The van der Waals surface area contributed by atoms with Gasteiger partial charge in [-0.3, -0.25) is 19.5 Å². The summed E-state index contributed by atoms with van der Waals surface area (Å²) in [5, 5.41) is 11.3. The number of aromatic nitrogens is 2. The number of methoxy groups -OCH3 is 1. The lowest BCUT2D eigenvalue weighted by Gasteiger charge is -2.27. The predicted octanol–water partition coefficient (Wildman–Crippen LogP) is 5.05. The average molecular weight is 652 g/mol. The Morgan fingerprint density at radius 1 is 1.19 bits per heavy atom. The van der Waals surface area contributed by atoms with Crippen LogP contribution in [-0.4, -0.2) is 33.7 Å². The number of fused-ring (bicyclic) bond motifs is 1. The Bertz CT molecular complexity index is 1900. The maximum absolute atomic E-state index is 14.1. The third-order valence-electron chi connectivity index (χ3n) is 6.76. The van der Waals surface area contributed by atoms with Crippen molar-refractivity contribution in [3.63, 3.8) is 0 Å². The molecule has 0 saturated carbocycles. The van der Waals surface area contributed by atoms with E-state index >= 15 is 0 Å². The zero-order chi connectivity index (χ0) is 30.0. The van der Waals surface area contributed by atoms with E-state index in [2.05, 4.69) is 15.9 Å². The fourth-order valence-electron chi connectivity index (χ4n) is 4.97. The van der Waals surface area contributed by atoms with Gasteiger partial charge in [0.25, 0.3) is 11.2 Å². The molecule has 4 aromatic rings. The van der Waals surface area contributed by atoms with Crippen molar-refractivity contribution in [2.45, 2.75) is 32.7 Å². The number of nitro benzene ring substituents is 1. The Morgan fingerprint density at radius 3 is 2.71 bits per heavy atom. The van der Waals surface area contributed by atoms with Crippen LogP contribution in [-0.2, 0) is 9.53 Å². The van der Waals surface area contributed by atoms with Gasteiger partial charge >= 0.3 is 5.97 Å². The topological polar surface area (TPSA) is 118 Å². The van der Waals surface area contributed by atoms with Crippen LogP contribution in [0.5, 0.6) is 5.75 Å². The number of carbonyl (C=O) groups is 1. The molecule has 0 saturated heterocycles. The normalized spacial score (nSPS) is 14.9. The van der Waals surface area contributed by atoms with Gasteiger partial charge in [0.2, 0.25) is 0 Å². The smallest absolute Gasteiger partial charge is 0.338 e. The van der Waals surface area contributed by atoms with Gasteiger partial charge in [-0.2, -0.15) is 0 Å². The van der Waals surface area contributed by atoms with Crippen molar-refractivity contribution in [3.05, 3.63) is 118 Å². The third-order valence-corrected chi connectivity index (χ3v) is 8.23. The monoisotopic (exact) mass is 650 g/mol. The molecule has 0 N–H and O–H groups in total. The minimum absolute atomic E-state index is 0.0376. The molecule has 0 amide bonds. The molecule has 0 fully saturated rings. The lowest BCUT2D eigenvalue weighted by Crippen LogP contribution is -2.40. The van der Waals surface area contributed by atoms with Crippen LogP contribution in [0.3, 0.4) is 0 Å². The molecule has 1 aliphatic heterocycles. The number of benzene rings is 2. The number of rotatable bonds is 9. The van der Waals surface area contributed by atoms with Crippen LogP contribution in [0.1, 0.15) is 44.0 Å². The van der Waals surface area contributed by atoms with E-state index in [1.165, 1.54) is 28.0 Å². The standard InChI is InChI=1S/C30H27BrN4O6S/c1-4-8-23-26(29(37)41-5-2)27(22-15-18(31)12-13-24(22)40-3)34-28(36)25(42-30(34)32-23)17-20-11-7-14-33(20)19-9-6-10-21(16-19)35(38)39/h6-7,9-17,27H,4-5,8H2,1-3H3/b25-17+/t27-/m0/s1. The number of allylic oxidation sites excluding steroid dienone is 1. The van der Waals surface area contributed by atoms with Gasteiger partial charge in [-0.15, -0.1) is 0 Å². The molecule has 216 valence electrons. The van der Waals surface area contributed by atoms with E-state index in [1.807, 2.05) is 25.1 Å². The fourth-order valence-corrected chi connectivity index (χ4v) is 6.36. The lowest BCUT2D eigenvalue weighted by atomic mass is 9.93. The molecule has 3 heterocycles. The van der Waals surface area contributed by atoms with Crippen molar-refractivity contribution in [3.8, 4) is 11.4 Å². The summed E-state index contributed by atoms with van der Waals surface area (Å²) in [6, 6.07) is 14.5. The Morgan fingerprint density at radius 2 is 2.00 bits per heavy atom. The van der Waals surface area contributed by atoms with Crippen LogP contribution in [0.15, 0.2) is 86.3 Å². The SMILES string of the molecule is CCCC1=C(C(=O)OCC)[C@H](c2cc(Br)ccc2OC)n2c(s/c(=C/c3cccn3-c3cccc([N+](=O)[O-])c3)c2=O)=N1. The second kappa shape index (κ2) is 12.3. The first-order chi connectivity index (χ1) is 20.3. The van der Waals surface area contributed by atoms with Crippen LogP contribution in [0, 0.1) is 10.1 Å². The number of hydrogen-bond donors (Lipinski definition) is 0. The Hall–Kier alpha value is -4.29. The van der Waals surface area contributed by atoms with Crippen molar-refractivity contribution >= 4 is 45.0 Å². The van der Waals surface area contributed by atoms with Crippen molar-refractivity contribution in [2.24, 2.45) is 4.99 Å². The summed E-state index contributed by atoms with van der Waals surface area (Å²) in [6.45, 7) is 3.90. The molecule has 5 rings (SSSR count). The molecule has 0 radical (unpaired) electrons. The summed E-state index contributed by atoms with van der Waals surface area (Å²) in [5.74, 6) is -0.0255. The molecule has 12 heteroatoms. The summed E-state index contributed by atoms with van der Waals surface area (Å²) < 4.78 is 15.6. The van der Waals surface area contributed by atoms with Gasteiger partial charge in [-0.05, 0) is 55.8 Å². The van der Waals surface area contributed by atoms with Crippen molar-refractivity contribution < 1.29 is 19.2 Å². The van der Waals surface area contributed by atoms with Crippen LogP contribution in [0.4, 0.5) is 5.69 Å². The van der Waals surface area contributed by atoms with Crippen LogP contribution in [0.2, 0.25) is 0 Å². The average Bonchev–Trinajstić information content (AvgIpc) is 3.56. The van der Waals surface area contributed by atoms with Crippen LogP contribution < -0.4 is 19.6 Å². The third kappa shape index (κ3) is 5.47. The van der Waals surface area contributed by atoms with Gasteiger partial charge in [0.1, 0.15) is 11.8 Å². The summed E-state index contributed by atoms with van der Waals surface area (Å²) in [6.07, 6.45) is 4.75. The van der Waals surface area contributed by atoms with Crippen molar-refractivity contribution in [2.75, 3.05) is 13.7 Å². The molecular weight excluding hydrogens is 624 g/mol. The molecule has 0 aliphatic carbocycles. The molecular formula is C30H27BrN4O6S. The first-order valence-corrected chi connectivity index (χ1v) is 14.9. The van der Waals surface area contributed by atoms with Crippen molar-refractivity contribution in [1.82, 2.24) is 9.13 Å². The van der Waals surface area contributed by atoms with E-state index in [-0.39, 0.29) is 17.9 Å². The van der Waals surface area contributed by atoms with Gasteiger partial charge in [-0.1, -0.05) is 46.7 Å². The highest BCUT2D eigenvalue weighted by atomic mass is 79.9. The maximum atomic E-state index is 14.1. The number of carbonyl (C=O) groups excluding carboxylic acids is 1. The van der Waals surface area contributed by atoms with E-state index in [4.69, 9.17) is 14.5 Å². The summed E-state index contributed by atoms with van der Waals surface area (Å²) in [5.41, 5.74) is 2.34. The van der Waals surface area contributed by atoms with Crippen LogP contribution in [0.25, 0.3) is 11.8 Å². The van der Waals surface area contributed by atoms with E-state index in [9.17, 15) is 19.7 Å². The van der Waals surface area contributed by atoms with Gasteiger partial charge in [0, 0.05) is 34.1 Å². The molecule has 2 aromatic carbocycles. The first-order valence-electron chi connectivity index (χ1n) is 13.2. The highest BCUT2D eigenvalue weighted by Crippen LogP contribution is 2.38. The van der Waals surface area contributed by atoms with Gasteiger partial charge in [0.15, 0.2) is 4.80 Å². The molecule has 0 bridgehead atoms. The van der Waals surface area contributed by atoms with E-state index < -0.39 is 16.9 Å². The zero-order valence-corrected chi connectivity index (χ0v) is 25.5. The van der Waals surface area contributed by atoms with E-state index in [0.717, 1.165) is 10.9 Å².